The Morgan fingerprint density at radius 2 is 2.00 bits per heavy atom. The van der Waals surface area contributed by atoms with E-state index in [1.54, 1.807) is 0 Å². The number of allylic oxidation sites excluding steroid dienone is 2. The monoisotopic (exact) mass is 220 g/mol. The molecular weight excluding hydrogens is 196 g/mol. The van der Waals surface area contributed by atoms with Gasteiger partial charge in [-0.1, -0.05) is 33.3 Å². The van der Waals surface area contributed by atoms with E-state index in [-0.39, 0.29) is 0 Å². The summed E-state index contributed by atoms with van der Waals surface area (Å²) in [5.74, 6) is 3.95. The van der Waals surface area contributed by atoms with Crippen LogP contribution in [0, 0.1) is 29.6 Å². The largest absolute Gasteiger partial charge is 0.295 e. The number of carbonyl (C=O) groups excluding carboxylic acids is 1. The summed E-state index contributed by atoms with van der Waals surface area (Å²) in [4.78, 5) is 11.8. The molecule has 1 fully saturated rings. The zero-order chi connectivity index (χ0) is 11.9. The summed E-state index contributed by atoms with van der Waals surface area (Å²) in [5, 5.41) is 0. The molecule has 2 aliphatic rings. The number of carbonyl (C=O) groups is 1. The van der Waals surface area contributed by atoms with Crippen molar-refractivity contribution in [1.82, 2.24) is 0 Å². The van der Waals surface area contributed by atoms with Gasteiger partial charge < -0.3 is 0 Å². The van der Waals surface area contributed by atoms with Crippen molar-refractivity contribution in [3.05, 3.63) is 11.6 Å². The molecule has 90 valence electrons. The molecule has 4 atom stereocenters. The summed E-state index contributed by atoms with van der Waals surface area (Å²) < 4.78 is 0. The third-order valence-electron chi connectivity index (χ3n) is 4.83. The highest BCUT2D eigenvalue weighted by atomic mass is 16.1. The van der Waals surface area contributed by atoms with Crippen molar-refractivity contribution in [2.75, 3.05) is 0 Å². The van der Waals surface area contributed by atoms with Crippen molar-refractivity contribution in [2.45, 2.75) is 47.0 Å². The molecule has 0 spiro atoms. The van der Waals surface area contributed by atoms with Crippen LogP contribution >= 0.6 is 0 Å². The predicted molar refractivity (Wildman–Crippen MR) is 67.1 cm³/mol. The second kappa shape index (κ2) is 4.35. The van der Waals surface area contributed by atoms with Gasteiger partial charge in [-0.3, -0.25) is 4.79 Å². The maximum absolute atomic E-state index is 11.8. The molecule has 0 aliphatic heterocycles. The van der Waals surface area contributed by atoms with E-state index in [2.05, 4.69) is 26.8 Å². The fourth-order valence-corrected chi connectivity index (χ4v) is 3.68. The maximum Gasteiger partial charge on any atom is 0.158 e. The van der Waals surface area contributed by atoms with Gasteiger partial charge in [0.25, 0.3) is 0 Å². The Morgan fingerprint density at radius 1 is 1.31 bits per heavy atom. The van der Waals surface area contributed by atoms with E-state index >= 15 is 0 Å². The van der Waals surface area contributed by atoms with Crippen molar-refractivity contribution in [3.63, 3.8) is 0 Å². The second-order valence-corrected chi connectivity index (χ2v) is 6.18. The average Bonchev–Trinajstić information content (AvgIpc) is 2.21. The molecule has 1 heteroatoms. The Hall–Kier alpha value is -0.590. The minimum absolute atomic E-state index is 0.387. The van der Waals surface area contributed by atoms with Crippen LogP contribution in [0.3, 0.4) is 0 Å². The maximum atomic E-state index is 11.8. The second-order valence-electron chi connectivity index (χ2n) is 6.18. The molecule has 1 saturated carbocycles. The van der Waals surface area contributed by atoms with E-state index in [0.29, 0.717) is 17.6 Å². The molecule has 0 amide bonds. The highest BCUT2D eigenvalue weighted by Gasteiger charge is 2.40. The quantitative estimate of drug-likeness (QED) is 0.656. The van der Waals surface area contributed by atoms with Gasteiger partial charge in [-0.25, -0.2) is 0 Å². The number of ketones is 1. The molecule has 0 aromatic heterocycles. The predicted octanol–water partition coefficient (Wildman–Crippen LogP) is 3.84. The Balaban J connectivity index is 2.28. The first kappa shape index (κ1) is 11.9. The van der Waals surface area contributed by atoms with Gasteiger partial charge in [-0.05, 0) is 48.5 Å². The lowest BCUT2D eigenvalue weighted by atomic mass is 9.60. The van der Waals surface area contributed by atoms with Crippen LogP contribution in [0.5, 0.6) is 0 Å². The van der Waals surface area contributed by atoms with Gasteiger partial charge in [0.1, 0.15) is 0 Å². The summed E-state index contributed by atoms with van der Waals surface area (Å²) in [6.07, 6.45) is 5.75. The molecular formula is C15H24O. The summed E-state index contributed by atoms with van der Waals surface area (Å²) in [6, 6.07) is 0. The summed E-state index contributed by atoms with van der Waals surface area (Å²) in [5.41, 5.74) is 1.01. The van der Waals surface area contributed by atoms with Crippen molar-refractivity contribution < 1.29 is 4.79 Å². The van der Waals surface area contributed by atoms with Crippen molar-refractivity contribution in [1.29, 1.82) is 0 Å². The SMILES string of the molecule is CC1=C[C@@H]2[C@@H](CC1=O)[C@@H](C)CC[C@@H]2C(C)C. The molecule has 16 heavy (non-hydrogen) atoms. The van der Waals surface area contributed by atoms with Crippen molar-refractivity contribution in [2.24, 2.45) is 29.6 Å². The van der Waals surface area contributed by atoms with Crippen molar-refractivity contribution >= 4 is 5.78 Å². The van der Waals surface area contributed by atoms with Gasteiger partial charge in [-0.15, -0.1) is 0 Å². The first-order valence-corrected chi connectivity index (χ1v) is 6.72. The van der Waals surface area contributed by atoms with Crippen LogP contribution in [-0.4, -0.2) is 5.78 Å². The Bertz CT molecular complexity index is 313. The lowest BCUT2D eigenvalue weighted by molar-refractivity contribution is -0.118. The molecule has 0 saturated heterocycles. The molecule has 1 nitrogen and oxygen atoms in total. The third kappa shape index (κ3) is 1.97. The topological polar surface area (TPSA) is 17.1 Å². The molecule has 0 heterocycles. The Kier molecular flexibility index (Phi) is 3.23. The van der Waals surface area contributed by atoms with Gasteiger partial charge in [-0.2, -0.15) is 0 Å². The van der Waals surface area contributed by atoms with E-state index in [4.69, 9.17) is 0 Å². The van der Waals surface area contributed by atoms with E-state index in [9.17, 15) is 4.79 Å². The molecule has 0 unspecified atom stereocenters. The normalized spacial score (nSPS) is 39.6. The molecule has 0 radical (unpaired) electrons. The molecule has 0 aromatic carbocycles. The van der Waals surface area contributed by atoms with Crippen LogP contribution in [0.15, 0.2) is 11.6 Å². The van der Waals surface area contributed by atoms with E-state index in [1.807, 2.05) is 6.92 Å². The van der Waals surface area contributed by atoms with Crippen LogP contribution in [-0.2, 0) is 4.79 Å². The fraction of sp³-hybridized carbons (Fsp3) is 0.800. The Labute approximate surface area is 99.3 Å². The molecule has 0 bridgehead atoms. The zero-order valence-corrected chi connectivity index (χ0v) is 11.0. The van der Waals surface area contributed by atoms with Crippen LogP contribution in [0.4, 0.5) is 0 Å². The highest BCUT2D eigenvalue weighted by molar-refractivity contribution is 5.95. The van der Waals surface area contributed by atoms with Crippen LogP contribution in [0.25, 0.3) is 0 Å². The number of rotatable bonds is 1. The fourth-order valence-electron chi connectivity index (χ4n) is 3.68. The van der Waals surface area contributed by atoms with Crippen LogP contribution < -0.4 is 0 Å². The standard InChI is InChI=1S/C15H24O/c1-9(2)12-6-5-10(3)13-8-15(16)11(4)7-14(12)13/h7,9-10,12-14H,5-6,8H2,1-4H3/t10-,12+,13-,14-/m0/s1. The van der Waals surface area contributed by atoms with Gasteiger partial charge >= 0.3 is 0 Å². The van der Waals surface area contributed by atoms with Gasteiger partial charge in [0.05, 0.1) is 0 Å². The first-order chi connectivity index (χ1) is 7.50. The summed E-state index contributed by atoms with van der Waals surface area (Å²) >= 11 is 0. The lowest BCUT2D eigenvalue weighted by Crippen LogP contribution is -2.38. The first-order valence-electron chi connectivity index (χ1n) is 6.72. The van der Waals surface area contributed by atoms with Crippen molar-refractivity contribution in [3.8, 4) is 0 Å². The van der Waals surface area contributed by atoms with Crippen LogP contribution in [0.2, 0.25) is 0 Å². The van der Waals surface area contributed by atoms with E-state index < -0.39 is 0 Å². The lowest BCUT2D eigenvalue weighted by Gasteiger charge is -2.44. The average molecular weight is 220 g/mol. The smallest absolute Gasteiger partial charge is 0.158 e. The number of fused-ring (bicyclic) bond motifs is 1. The van der Waals surface area contributed by atoms with Gasteiger partial charge in [0.2, 0.25) is 0 Å². The summed E-state index contributed by atoms with van der Waals surface area (Å²) in [7, 11) is 0. The zero-order valence-electron chi connectivity index (χ0n) is 11.0. The Morgan fingerprint density at radius 3 is 2.62 bits per heavy atom. The molecule has 2 aliphatic carbocycles. The van der Waals surface area contributed by atoms with Gasteiger partial charge in [0.15, 0.2) is 5.78 Å². The van der Waals surface area contributed by atoms with Crippen LogP contribution in [0.1, 0.15) is 47.0 Å². The third-order valence-corrected chi connectivity index (χ3v) is 4.83. The highest BCUT2D eigenvalue weighted by Crippen LogP contribution is 2.46. The number of Topliss-reactive ketones (excluding diaryl/α,β-unsaturated/α-hetero) is 1. The molecule has 2 rings (SSSR count). The number of hydrogen-bond acceptors (Lipinski definition) is 1. The molecule has 0 aromatic rings. The number of hydrogen-bond donors (Lipinski definition) is 0. The summed E-state index contributed by atoms with van der Waals surface area (Å²) in [6.45, 7) is 8.99. The van der Waals surface area contributed by atoms with E-state index in [0.717, 1.165) is 29.7 Å². The van der Waals surface area contributed by atoms with E-state index in [1.165, 1.54) is 12.8 Å². The minimum atomic E-state index is 0.387. The molecule has 0 N–H and O–H groups in total. The van der Waals surface area contributed by atoms with Gasteiger partial charge in [0, 0.05) is 6.42 Å². The minimum Gasteiger partial charge on any atom is -0.295 e.